The van der Waals surface area contributed by atoms with Crippen molar-refractivity contribution in [3.63, 3.8) is 0 Å². The molecule has 1 radical (unpaired) electrons. The van der Waals surface area contributed by atoms with Crippen LogP contribution in [0.1, 0.15) is 27.7 Å². The normalized spacial score (nSPS) is 12.6. The summed E-state index contributed by atoms with van der Waals surface area (Å²) in [6, 6.07) is 18.1. The average Bonchev–Trinajstić information content (AvgIpc) is 3.04. The molecule has 2 heterocycles. The van der Waals surface area contributed by atoms with Crippen LogP contribution in [0.3, 0.4) is 0 Å². The highest BCUT2D eigenvalue weighted by Crippen LogP contribution is 2.31. The maximum Gasteiger partial charge on any atom is 0.332 e. The molecule has 0 amide bonds. The van der Waals surface area contributed by atoms with Gasteiger partial charge in [-0.25, -0.2) is 0 Å². The predicted octanol–water partition coefficient (Wildman–Crippen LogP) is 4.46. The first kappa shape index (κ1) is 18.7. The van der Waals surface area contributed by atoms with E-state index in [1.807, 2.05) is 56.3 Å². The summed E-state index contributed by atoms with van der Waals surface area (Å²) < 4.78 is 11.7. The lowest BCUT2D eigenvalue weighted by atomic mass is 9.83. The molecule has 2 aromatic carbocycles. The van der Waals surface area contributed by atoms with Gasteiger partial charge in [0.2, 0.25) is 0 Å². The minimum absolute atomic E-state index is 0.709. The molecule has 0 aliphatic rings. The van der Waals surface area contributed by atoms with E-state index in [1.54, 1.807) is 27.5 Å². The van der Waals surface area contributed by atoms with Crippen LogP contribution in [-0.2, 0) is 4.65 Å². The van der Waals surface area contributed by atoms with Crippen LogP contribution in [0.25, 0.3) is 33.2 Å². The van der Waals surface area contributed by atoms with Gasteiger partial charge < -0.3 is 14.2 Å². The molecule has 28 heavy (non-hydrogen) atoms. The summed E-state index contributed by atoms with van der Waals surface area (Å²) in [7, 11) is 1.64. The summed E-state index contributed by atoms with van der Waals surface area (Å²) in [5, 5.41) is 12.4. The first-order valence-corrected chi connectivity index (χ1v) is 9.36. The molecule has 5 heteroatoms. The zero-order valence-electron chi connectivity index (χ0n) is 16.6. The van der Waals surface area contributed by atoms with Crippen molar-refractivity contribution in [1.29, 1.82) is 0 Å². The van der Waals surface area contributed by atoms with Crippen molar-refractivity contribution in [3.05, 3.63) is 60.8 Å². The minimum atomic E-state index is -0.959. The zero-order valence-corrected chi connectivity index (χ0v) is 16.6. The SMILES string of the molecule is CC(C)(O)C(C)(C)O[B]c1ccc(-c2ccc3oc4ccccc4c3c2)nc1. The van der Waals surface area contributed by atoms with Gasteiger partial charge in [-0.1, -0.05) is 24.3 Å². The fourth-order valence-corrected chi connectivity index (χ4v) is 2.89. The monoisotopic (exact) mass is 372 g/mol. The first-order chi connectivity index (χ1) is 13.2. The second kappa shape index (κ2) is 6.76. The maximum atomic E-state index is 10.2. The van der Waals surface area contributed by atoms with Crippen molar-refractivity contribution in [3.8, 4) is 11.3 Å². The van der Waals surface area contributed by atoms with Crippen LogP contribution >= 0.6 is 0 Å². The lowest BCUT2D eigenvalue weighted by molar-refractivity contribution is -0.0893. The standard InChI is InChI=1S/C23H23BNO3/c1-22(2,26)23(3,4)28-24-16-10-11-19(25-14-16)15-9-12-21-18(13-15)17-7-5-6-8-20(17)27-21/h5-14,26H,1-4H3. The molecule has 1 N–H and O–H groups in total. The third-order valence-corrected chi connectivity index (χ3v) is 5.42. The fourth-order valence-electron chi connectivity index (χ4n) is 2.89. The Kier molecular flexibility index (Phi) is 4.52. The molecule has 0 fully saturated rings. The third-order valence-electron chi connectivity index (χ3n) is 5.42. The number of hydrogen-bond acceptors (Lipinski definition) is 4. The Bertz CT molecular complexity index is 1120. The molecule has 0 atom stereocenters. The molecule has 4 nitrogen and oxygen atoms in total. The molecule has 0 spiro atoms. The van der Waals surface area contributed by atoms with Crippen molar-refractivity contribution < 1.29 is 14.2 Å². The predicted molar refractivity (Wildman–Crippen MR) is 114 cm³/mol. The largest absolute Gasteiger partial charge is 0.456 e. The molecule has 0 unspecified atom stereocenters. The lowest BCUT2D eigenvalue weighted by Crippen LogP contribution is -2.49. The molecule has 141 valence electrons. The van der Waals surface area contributed by atoms with E-state index in [1.165, 1.54) is 0 Å². The van der Waals surface area contributed by atoms with Gasteiger partial charge in [0.25, 0.3) is 0 Å². The number of aliphatic hydroxyl groups is 1. The molecular formula is C23H23BNO3. The summed E-state index contributed by atoms with van der Waals surface area (Å²) in [5.74, 6) is 0. The molecule has 0 saturated carbocycles. The first-order valence-electron chi connectivity index (χ1n) is 9.36. The van der Waals surface area contributed by atoms with Gasteiger partial charge in [0.15, 0.2) is 0 Å². The van der Waals surface area contributed by atoms with E-state index in [9.17, 15) is 5.11 Å². The Morgan fingerprint density at radius 1 is 0.929 bits per heavy atom. The Hall–Kier alpha value is -2.63. The van der Waals surface area contributed by atoms with Gasteiger partial charge in [-0.05, 0) is 63.5 Å². The molecule has 0 bridgehead atoms. The zero-order chi connectivity index (χ0) is 19.9. The Morgan fingerprint density at radius 2 is 1.68 bits per heavy atom. The minimum Gasteiger partial charge on any atom is -0.456 e. The van der Waals surface area contributed by atoms with Gasteiger partial charge in [-0.3, -0.25) is 4.98 Å². The molecule has 0 aliphatic carbocycles. The highest BCUT2D eigenvalue weighted by Gasteiger charge is 2.35. The van der Waals surface area contributed by atoms with Crippen molar-refractivity contribution in [2.75, 3.05) is 0 Å². The van der Waals surface area contributed by atoms with Gasteiger partial charge in [-0.15, -0.1) is 0 Å². The van der Waals surface area contributed by atoms with Crippen LogP contribution < -0.4 is 5.46 Å². The highest BCUT2D eigenvalue weighted by atomic mass is 16.5. The highest BCUT2D eigenvalue weighted by molar-refractivity contribution is 6.46. The number of para-hydroxylation sites is 1. The van der Waals surface area contributed by atoms with Crippen molar-refractivity contribution in [2.45, 2.75) is 38.9 Å². The van der Waals surface area contributed by atoms with E-state index in [2.05, 4.69) is 17.1 Å². The Balaban J connectivity index is 1.58. The van der Waals surface area contributed by atoms with Crippen molar-refractivity contribution in [2.24, 2.45) is 0 Å². The number of pyridine rings is 1. The fraction of sp³-hybridized carbons (Fsp3) is 0.261. The van der Waals surface area contributed by atoms with Crippen LogP contribution in [0.15, 0.2) is 65.2 Å². The van der Waals surface area contributed by atoms with Crippen LogP contribution in [0, 0.1) is 0 Å². The van der Waals surface area contributed by atoms with Crippen LogP contribution in [0.4, 0.5) is 0 Å². The van der Waals surface area contributed by atoms with Gasteiger partial charge in [0.1, 0.15) is 11.2 Å². The van der Waals surface area contributed by atoms with Gasteiger partial charge >= 0.3 is 7.48 Å². The van der Waals surface area contributed by atoms with E-state index in [0.29, 0.717) is 0 Å². The van der Waals surface area contributed by atoms with Crippen molar-refractivity contribution in [1.82, 2.24) is 4.98 Å². The quantitative estimate of drug-likeness (QED) is 0.526. The van der Waals surface area contributed by atoms with Gasteiger partial charge in [0, 0.05) is 22.5 Å². The summed E-state index contributed by atoms with van der Waals surface area (Å²) in [6.07, 6.45) is 1.77. The number of benzene rings is 2. The number of nitrogens with zero attached hydrogens (tertiary/aromatic N) is 1. The lowest BCUT2D eigenvalue weighted by Gasteiger charge is -2.37. The number of hydrogen-bond donors (Lipinski definition) is 1. The maximum absolute atomic E-state index is 10.2. The van der Waals surface area contributed by atoms with Crippen LogP contribution in [-0.4, -0.2) is 28.8 Å². The summed E-state index contributed by atoms with van der Waals surface area (Å²) in [6.45, 7) is 7.18. The topological polar surface area (TPSA) is 55.5 Å². The van der Waals surface area contributed by atoms with E-state index < -0.39 is 11.2 Å². The second-order valence-corrected chi connectivity index (χ2v) is 8.09. The molecule has 0 saturated heterocycles. The molecule has 2 aromatic heterocycles. The Morgan fingerprint density at radius 3 is 2.39 bits per heavy atom. The third kappa shape index (κ3) is 3.43. The number of fused-ring (bicyclic) bond motifs is 3. The summed E-state index contributed by atoms with van der Waals surface area (Å²) >= 11 is 0. The molecule has 4 aromatic rings. The van der Waals surface area contributed by atoms with Gasteiger partial charge in [0.05, 0.1) is 16.9 Å². The van der Waals surface area contributed by atoms with Crippen LogP contribution in [0.5, 0.6) is 0 Å². The number of rotatable bonds is 5. The van der Waals surface area contributed by atoms with Crippen molar-refractivity contribution >= 4 is 34.9 Å². The number of furan rings is 1. The second-order valence-electron chi connectivity index (χ2n) is 8.09. The smallest absolute Gasteiger partial charge is 0.332 e. The van der Waals surface area contributed by atoms with Gasteiger partial charge in [-0.2, -0.15) is 0 Å². The molecule has 4 rings (SSSR count). The number of aromatic nitrogens is 1. The van der Waals surface area contributed by atoms with E-state index >= 15 is 0 Å². The molecule has 0 aliphatic heterocycles. The van der Waals surface area contributed by atoms with Crippen LogP contribution in [0.2, 0.25) is 0 Å². The van der Waals surface area contributed by atoms with E-state index in [0.717, 1.165) is 38.7 Å². The summed E-state index contributed by atoms with van der Waals surface area (Å²) in [4.78, 5) is 4.58. The summed E-state index contributed by atoms with van der Waals surface area (Å²) in [5.41, 5.74) is 2.85. The average molecular weight is 372 g/mol. The van der Waals surface area contributed by atoms with E-state index in [-0.39, 0.29) is 0 Å². The Labute approximate surface area is 165 Å². The van der Waals surface area contributed by atoms with E-state index in [4.69, 9.17) is 9.07 Å². The molecular weight excluding hydrogens is 349 g/mol.